The molecule has 1 N–H and O–H groups in total. The summed E-state index contributed by atoms with van der Waals surface area (Å²) in [7, 11) is 0. The fourth-order valence-corrected chi connectivity index (χ4v) is 3.06. The summed E-state index contributed by atoms with van der Waals surface area (Å²) in [5.74, 6) is 0.962. The molecule has 0 saturated carbocycles. The number of ether oxygens (including phenoxy) is 1. The van der Waals surface area contributed by atoms with E-state index in [1.807, 2.05) is 6.07 Å². The molecule has 1 aromatic carbocycles. The summed E-state index contributed by atoms with van der Waals surface area (Å²) in [5, 5.41) is 3.45. The van der Waals surface area contributed by atoms with Gasteiger partial charge in [0.2, 0.25) is 0 Å². The zero-order valence-corrected chi connectivity index (χ0v) is 14.2. The first-order chi connectivity index (χ1) is 8.69. The van der Waals surface area contributed by atoms with Crippen LogP contribution in [-0.4, -0.2) is 13.2 Å². The Balaban J connectivity index is 2.72. The van der Waals surface area contributed by atoms with Crippen LogP contribution in [-0.2, 0) is 6.54 Å². The average molecular weight is 379 g/mol. The van der Waals surface area contributed by atoms with Crippen LogP contribution >= 0.6 is 31.9 Å². The fourth-order valence-electron chi connectivity index (χ4n) is 1.64. The van der Waals surface area contributed by atoms with Gasteiger partial charge in [0.05, 0.1) is 11.1 Å². The van der Waals surface area contributed by atoms with Gasteiger partial charge in [-0.3, -0.25) is 0 Å². The molecule has 102 valence electrons. The predicted molar refractivity (Wildman–Crippen MR) is 84.2 cm³/mol. The van der Waals surface area contributed by atoms with Crippen LogP contribution in [0.25, 0.3) is 0 Å². The van der Waals surface area contributed by atoms with Crippen LogP contribution in [0.4, 0.5) is 0 Å². The van der Waals surface area contributed by atoms with Crippen molar-refractivity contribution in [3.05, 3.63) is 26.6 Å². The number of unbranched alkanes of at least 4 members (excludes halogenated alkanes) is 1. The maximum absolute atomic E-state index is 5.82. The zero-order chi connectivity index (χ0) is 13.4. The minimum absolute atomic E-state index is 0.752. The highest BCUT2D eigenvalue weighted by Gasteiger charge is 2.09. The molecule has 18 heavy (non-hydrogen) atoms. The Labute approximate surface area is 127 Å². The maximum Gasteiger partial charge on any atom is 0.138 e. The molecule has 0 radical (unpaired) electrons. The summed E-state index contributed by atoms with van der Waals surface area (Å²) in [4.78, 5) is 0. The van der Waals surface area contributed by atoms with Crippen molar-refractivity contribution in [2.45, 2.75) is 39.7 Å². The second-order valence-corrected chi connectivity index (χ2v) is 6.02. The van der Waals surface area contributed by atoms with Crippen LogP contribution in [0, 0.1) is 0 Å². The van der Waals surface area contributed by atoms with Crippen LogP contribution < -0.4 is 10.1 Å². The second-order valence-electron chi connectivity index (χ2n) is 4.25. The quantitative estimate of drug-likeness (QED) is 0.650. The number of rotatable bonds is 8. The van der Waals surface area contributed by atoms with Crippen LogP contribution in [0.15, 0.2) is 21.1 Å². The molecule has 0 unspecified atom stereocenters. The Bertz CT molecular complexity index is 369. The van der Waals surface area contributed by atoms with Gasteiger partial charge in [-0.15, -0.1) is 0 Å². The molecule has 0 saturated heterocycles. The minimum atomic E-state index is 0.752. The van der Waals surface area contributed by atoms with Crippen LogP contribution in [0.2, 0.25) is 0 Å². The van der Waals surface area contributed by atoms with Crippen LogP contribution in [0.3, 0.4) is 0 Å². The highest BCUT2D eigenvalue weighted by molar-refractivity contribution is 9.11. The normalized spacial score (nSPS) is 10.7. The van der Waals surface area contributed by atoms with E-state index in [1.165, 1.54) is 18.4 Å². The smallest absolute Gasteiger partial charge is 0.138 e. The highest BCUT2D eigenvalue weighted by atomic mass is 79.9. The lowest BCUT2D eigenvalue weighted by atomic mass is 10.2. The van der Waals surface area contributed by atoms with Crippen LogP contribution in [0.5, 0.6) is 5.75 Å². The van der Waals surface area contributed by atoms with Crippen molar-refractivity contribution in [3.8, 4) is 5.75 Å². The highest BCUT2D eigenvalue weighted by Crippen LogP contribution is 2.33. The average Bonchev–Trinajstić information content (AvgIpc) is 2.33. The van der Waals surface area contributed by atoms with E-state index in [9.17, 15) is 0 Å². The first-order valence-electron chi connectivity index (χ1n) is 6.50. The molecule has 0 aromatic heterocycles. The van der Waals surface area contributed by atoms with E-state index in [0.29, 0.717) is 0 Å². The first-order valence-corrected chi connectivity index (χ1v) is 8.09. The Hall–Kier alpha value is -0.0600. The Morgan fingerprint density at radius 2 is 1.94 bits per heavy atom. The number of nitrogens with one attached hydrogen (secondary N) is 1. The Morgan fingerprint density at radius 1 is 1.17 bits per heavy atom. The lowest BCUT2D eigenvalue weighted by Crippen LogP contribution is -2.15. The lowest BCUT2D eigenvalue weighted by Gasteiger charge is -2.14. The Morgan fingerprint density at radius 3 is 2.61 bits per heavy atom. The van der Waals surface area contributed by atoms with E-state index < -0.39 is 0 Å². The summed E-state index contributed by atoms with van der Waals surface area (Å²) >= 11 is 7.09. The molecule has 0 aliphatic heterocycles. The van der Waals surface area contributed by atoms with E-state index in [-0.39, 0.29) is 0 Å². The van der Waals surface area contributed by atoms with Crippen molar-refractivity contribution in [1.82, 2.24) is 5.32 Å². The van der Waals surface area contributed by atoms with Gasteiger partial charge in [0.1, 0.15) is 5.75 Å². The summed E-state index contributed by atoms with van der Waals surface area (Å²) in [6, 6.07) is 4.15. The topological polar surface area (TPSA) is 21.3 Å². The van der Waals surface area contributed by atoms with Crippen molar-refractivity contribution < 1.29 is 4.74 Å². The third-order valence-corrected chi connectivity index (χ3v) is 3.61. The van der Waals surface area contributed by atoms with Gasteiger partial charge in [-0.05, 0) is 47.4 Å². The van der Waals surface area contributed by atoms with Gasteiger partial charge in [-0.2, -0.15) is 0 Å². The summed E-state index contributed by atoms with van der Waals surface area (Å²) in [5.41, 5.74) is 1.20. The molecule has 0 bridgehead atoms. The summed E-state index contributed by atoms with van der Waals surface area (Å²) < 4.78 is 7.91. The van der Waals surface area contributed by atoms with Crippen LogP contribution in [0.1, 0.15) is 38.7 Å². The van der Waals surface area contributed by atoms with Gasteiger partial charge in [0.15, 0.2) is 0 Å². The number of halogens is 2. The van der Waals surface area contributed by atoms with E-state index in [1.54, 1.807) is 0 Å². The minimum Gasteiger partial charge on any atom is -0.492 e. The van der Waals surface area contributed by atoms with Crippen molar-refractivity contribution in [3.63, 3.8) is 0 Å². The molecule has 0 atom stereocenters. The van der Waals surface area contributed by atoms with Crippen molar-refractivity contribution in [1.29, 1.82) is 0 Å². The third kappa shape index (κ3) is 5.29. The third-order valence-electron chi connectivity index (χ3n) is 2.56. The zero-order valence-electron chi connectivity index (χ0n) is 11.1. The van der Waals surface area contributed by atoms with Crippen molar-refractivity contribution in [2.75, 3.05) is 13.2 Å². The van der Waals surface area contributed by atoms with Gasteiger partial charge in [0.25, 0.3) is 0 Å². The van der Waals surface area contributed by atoms with E-state index >= 15 is 0 Å². The van der Waals surface area contributed by atoms with E-state index in [2.05, 4.69) is 57.1 Å². The molecule has 0 heterocycles. The SMILES string of the molecule is CCCCNCc1cc(Br)cc(Br)c1OCCC. The molecule has 0 aliphatic carbocycles. The fraction of sp³-hybridized carbons (Fsp3) is 0.571. The number of hydrogen-bond donors (Lipinski definition) is 1. The van der Waals surface area contributed by atoms with E-state index in [0.717, 1.165) is 40.8 Å². The molecular formula is C14H21Br2NO. The lowest BCUT2D eigenvalue weighted by molar-refractivity contribution is 0.311. The molecule has 1 aromatic rings. The monoisotopic (exact) mass is 377 g/mol. The summed E-state index contributed by atoms with van der Waals surface area (Å²) in [6.45, 7) is 6.96. The molecule has 0 aliphatic rings. The van der Waals surface area contributed by atoms with Crippen molar-refractivity contribution >= 4 is 31.9 Å². The molecule has 1 rings (SSSR count). The first kappa shape index (κ1) is 16.0. The van der Waals surface area contributed by atoms with Gasteiger partial charge >= 0.3 is 0 Å². The molecule has 0 fully saturated rings. The molecular weight excluding hydrogens is 358 g/mol. The Kier molecular flexibility index (Phi) is 7.95. The second kappa shape index (κ2) is 8.94. The molecule has 2 nitrogen and oxygen atoms in total. The molecule has 0 spiro atoms. The van der Waals surface area contributed by atoms with E-state index in [4.69, 9.17) is 4.74 Å². The number of benzene rings is 1. The molecule has 4 heteroatoms. The van der Waals surface area contributed by atoms with Gasteiger partial charge in [-0.25, -0.2) is 0 Å². The van der Waals surface area contributed by atoms with Gasteiger partial charge in [-0.1, -0.05) is 36.2 Å². The van der Waals surface area contributed by atoms with Crippen molar-refractivity contribution in [2.24, 2.45) is 0 Å². The van der Waals surface area contributed by atoms with Gasteiger partial charge in [0, 0.05) is 16.6 Å². The maximum atomic E-state index is 5.82. The predicted octanol–water partition coefficient (Wildman–Crippen LogP) is 4.89. The summed E-state index contributed by atoms with van der Waals surface area (Å²) in [6.07, 6.45) is 3.44. The molecule has 0 amide bonds. The number of hydrogen-bond acceptors (Lipinski definition) is 2. The van der Waals surface area contributed by atoms with Gasteiger partial charge < -0.3 is 10.1 Å². The standard InChI is InChI=1S/C14H21Br2NO/c1-3-5-6-17-10-11-8-12(15)9-13(16)14(11)18-7-4-2/h8-9,17H,3-7,10H2,1-2H3. The largest absolute Gasteiger partial charge is 0.492 e.